The minimum Gasteiger partial charge on any atom is -0.478 e. The molecule has 0 radical (unpaired) electrons. The van der Waals surface area contributed by atoms with Gasteiger partial charge in [-0.3, -0.25) is 4.68 Å². The highest BCUT2D eigenvalue weighted by Crippen LogP contribution is 2.16. The summed E-state index contributed by atoms with van der Waals surface area (Å²) in [4.78, 5) is 11.0. The zero-order valence-electron chi connectivity index (χ0n) is 10.3. The van der Waals surface area contributed by atoms with Crippen LogP contribution >= 0.6 is 0 Å². The van der Waals surface area contributed by atoms with Crippen LogP contribution in [0.25, 0.3) is 0 Å². The summed E-state index contributed by atoms with van der Waals surface area (Å²) in [6.07, 6.45) is 3.70. The molecule has 0 bridgehead atoms. The van der Waals surface area contributed by atoms with Gasteiger partial charge in [0.15, 0.2) is 9.84 Å². The summed E-state index contributed by atoms with van der Waals surface area (Å²) in [5.74, 6) is -0.360. The molecule has 2 rings (SSSR count). The van der Waals surface area contributed by atoms with E-state index in [0.29, 0.717) is 11.5 Å². The maximum Gasteiger partial charge on any atom is 0.339 e. The lowest BCUT2D eigenvalue weighted by molar-refractivity contribution is 0.0695. The number of sulfone groups is 1. The molecular weight excluding hydrogens is 272 g/mol. The van der Waals surface area contributed by atoms with Gasteiger partial charge in [0.05, 0.1) is 12.7 Å². The van der Waals surface area contributed by atoms with E-state index in [0.717, 1.165) is 6.26 Å². The van der Waals surface area contributed by atoms with E-state index in [-0.39, 0.29) is 17.0 Å². The van der Waals surface area contributed by atoms with Crippen molar-refractivity contribution < 1.29 is 22.7 Å². The number of furan rings is 1. The molecule has 0 saturated heterocycles. The number of nitrogens with zero attached hydrogens (tertiary/aromatic N) is 2. The van der Waals surface area contributed by atoms with E-state index in [1.807, 2.05) is 0 Å². The molecule has 0 aliphatic heterocycles. The molecule has 2 heterocycles. The van der Waals surface area contributed by atoms with E-state index in [2.05, 4.69) is 5.10 Å². The van der Waals surface area contributed by atoms with Crippen molar-refractivity contribution >= 4 is 15.8 Å². The summed E-state index contributed by atoms with van der Waals surface area (Å²) < 4.78 is 29.2. The smallest absolute Gasteiger partial charge is 0.339 e. The summed E-state index contributed by atoms with van der Waals surface area (Å²) in [6, 6.07) is 1.40. The van der Waals surface area contributed by atoms with Crippen molar-refractivity contribution in [1.82, 2.24) is 9.78 Å². The molecule has 0 aromatic carbocycles. The van der Waals surface area contributed by atoms with Crippen LogP contribution in [0.2, 0.25) is 0 Å². The Bertz CT molecular complexity index is 726. The molecule has 0 fully saturated rings. The third-order valence-corrected chi connectivity index (χ3v) is 3.62. The Morgan fingerprint density at radius 3 is 2.68 bits per heavy atom. The lowest BCUT2D eigenvalue weighted by Gasteiger charge is -1.96. The molecular formula is C11H12N2O5S. The van der Waals surface area contributed by atoms with Crippen LogP contribution in [-0.2, 0) is 16.4 Å². The van der Waals surface area contributed by atoms with Gasteiger partial charge < -0.3 is 9.52 Å². The largest absolute Gasteiger partial charge is 0.478 e. The normalized spacial score (nSPS) is 11.7. The minimum absolute atomic E-state index is 0.0884. The molecule has 0 unspecified atom stereocenters. The molecule has 102 valence electrons. The first-order valence-electron chi connectivity index (χ1n) is 5.32. The van der Waals surface area contributed by atoms with Gasteiger partial charge in [0.25, 0.3) is 0 Å². The highest BCUT2D eigenvalue weighted by molar-refractivity contribution is 7.90. The quantitative estimate of drug-likeness (QED) is 0.896. The molecule has 0 amide bonds. The number of aryl methyl sites for hydroxylation is 1. The number of carboxylic acids is 1. The van der Waals surface area contributed by atoms with Crippen LogP contribution in [-0.4, -0.2) is 35.5 Å². The Hall–Kier alpha value is -2.09. The van der Waals surface area contributed by atoms with Crippen LogP contribution < -0.4 is 0 Å². The van der Waals surface area contributed by atoms with Crippen molar-refractivity contribution in [3.63, 3.8) is 0 Å². The van der Waals surface area contributed by atoms with E-state index in [1.54, 1.807) is 6.92 Å². The number of aromatic nitrogens is 2. The topological polar surface area (TPSA) is 102 Å². The maximum absolute atomic E-state index is 11.3. The zero-order valence-corrected chi connectivity index (χ0v) is 11.1. The summed E-state index contributed by atoms with van der Waals surface area (Å²) >= 11 is 0. The van der Waals surface area contributed by atoms with Crippen molar-refractivity contribution in [3.8, 4) is 0 Å². The van der Waals surface area contributed by atoms with Crippen molar-refractivity contribution in [1.29, 1.82) is 0 Å². The average molecular weight is 284 g/mol. The van der Waals surface area contributed by atoms with Crippen molar-refractivity contribution in [2.24, 2.45) is 0 Å². The first-order chi connectivity index (χ1) is 8.77. The van der Waals surface area contributed by atoms with Gasteiger partial charge in [-0.2, -0.15) is 5.10 Å². The first-order valence-corrected chi connectivity index (χ1v) is 7.21. The van der Waals surface area contributed by atoms with Gasteiger partial charge in [-0.25, -0.2) is 13.2 Å². The summed E-state index contributed by atoms with van der Waals surface area (Å²) in [5, 5.41) is 12.8. The number of carbonyl (C=O) groups is 1. The van der Waals surface area contributed by atoms with E-state index in [4.69, 9.17) is 9.52 Å². The van der Waals surface area contributed by atoms with Crippen molar-refractivity contribution in [3.05, 3.63) is 35.5 Å². The fraction of sp³-hybridized carbons (Fsp3) is 0.273. The summed E-state index contributed by atoms with van der Waals surface area (Å²) in [7, 11) is -3.30. The van der Waals surface area contributed by atoms with Crippen molar-refractivity contribution in [2.75, 3.05) is 6.26 Å². The number of rotatable bonds is 4. The molecule has 0 spiro atoms. The summed E-state index contributed by atoms with van der Waals surface area (Å²) in [5.41, 5.74) is 0.0884. The SMILES string of the molecule is Cc1oc(Cn2cc(S(C)(=O)=O)cn2)cc1C(=O)O. The molecule has 2 aromatic rings. The number of aromatic carboxylic acids is 1. The fourth-order valence-corrected chi connectivity index (χ4v) is 2.17. The Kier molecular flexibility index (Phi) is 3.19. The first kappa shape index (κ1) is 13.3. The van der Waals surface area contributed by atoms with E-state index < -0.39 is 15.8 Å². The van der Waals surface area contributed by atoms with Gasteiger partial charge in [-0.1, -0.05) is 0 Å². The van der Waals surface area contributed by atoms with Crippen LogP contribution in [0.15, 0.2) is 27.8 Å². The molecule has 19 heavy (non-hydrogen) atoms. The molecule has 0 aliphatic carbocycles. The molecule has 0 saturated carbocycles. The van der Waals surface area contributed by atoms with E-state index in [9.17, 15) is 13.2 Å². The minimum atomic E-state index is -3.30. The van der Waals surface area contributed by atoms with Gasteiger partial charge in [0.2, 0.25) is 0 Å². The number of hydrogen-bond acceptors (Lipinski definition) is 5. The van der Waals surface area contributed by atoms with Gasteiger partial charge in [0, 0.05) is 12.5 Å². The molecule has 1 N–H and O–H groups in total. The zero-order chi connectivity index (χ0) is 14.2. The lowest BCUT2D eigenvalue weighted by atomic mass is 10.2. The highest BCUT2D eigenvalue weighted by Gasteiger charge is 2.15. The third kappa shape index (κ3) is 2.84. The van der Waals surface area contributed by atoms with Gasteiger partial charge in [-0.15, -0.1) is 0 Å². The van der Waals surface area contributed by atoms with Crippen LogP contribution in [0.4, 0.5) is 0 Å². The second-order valence-electron chi connectivity index (χ2n) is 4.13. The van der Waals surface area contributed by atoms with Gasteiger partial charge in [0.1, 0.15) is 22.0 Å². The van der Waals surface area contributed by atoms with Gasteiger partial charge in [-0.05, 0) is 13.0 Å². The van der Waals surface area contributed by atoms with Crippen molar-refractivity contribution in [2.45, 2.75) is 18.4 Å². The van der Waals surface area contributed by atoms with Crippen LogP contribution in [0.3, 0.4) is 0 Å². The second-order valence-corrected chi connectivity index (χ2v) is 6.15. The molecule has 8 heteroatoms. The Morgan fingerprint density at radius 1 is 1.53 bits per heavy atom. The molecule has 0 aliphatic rings. The third-order valence-electron chi connectivity index (χ3n) is 2.55. The predicted molar refractivity (Wildman–Crippen MR) is 64.8 cm³/mol. The predicted octanol–water partition coefficient (Wildman–Crippen LogP) is 0.935. The van der Waals surface area contributed by atoms with Crippen LogP contribution in [0, 0.1) is 6.92 Å². The fourth-order valence-electron chi connectivity index (χ4n) is 1.62. The van der Waals surface area contributed by atoms with E-state index >= 15 is 0 Å². The second kappa shape index (κ2) is 4.54. The maximum atomic E-state index is 11.3. The molecule has 0 atom stereocenters. The molecule has 2 aromatic heterocycles. The standard InChI is InChI=1S/C11H12N2O5S/c1-7-10(11(14)15)3-8(18-7)5-13-6-9(4-12-13)19(2,16)17/h3-4,6H,5H2,1-2H3,(H,14,15). The van der Waals surface area contributed by atoms with Crippen LogP contribution in [0.1, 0.15) is 21.9 Å². The Labute approximate surface area is 109 Å². The van der Waals surface area contributed by atoms with Crippen LogP contribution in [0.5, 0.6) is 0 Å². The summed E-state index contributed by atoms with van der Waals surface area (Å²) in [6.45, 7) is 1.72. The van der Waals surface area contributed by atoms with E-state index in [1.165, 1.54) is 23.1 Å². The number of hydrogen-bond donors (Lipinski definition) is 1. The number of carboxylic acid groups (broad SMARTS) is 1. The molecule has 7 nitrogen and oxygen atoms in total. The average Bonchev–Trinajstić information content (AvgIpc) is 2.85. The highest BCUT2D eigenvalue weighted by atomic mass is 32.2. The lowest BCUT2D eigenvalue weighted by Crippen LogP contribution is -2.00. The van der Waals surface area contributed by atoms with Gasteiger partial charge >= 0.3 is 5.97 Å². The Morgan fingerprint density at radius 2 is 2.21 bits per heavy atom. The monoisotopic (exact) mass is 284 g/mol. The Balaban J connectivity index is 2.25.